The number of nitriles is 2. The van der Waals surface area contributed by atoms with Crippen molar-refractivity contribution in [3.05, 3.63) is 187 Å². The van der Waals surface area contributed by atoms with Crippen molar-refractivity contribution in [1.82, 2.24) is 13.7 Å². The van der Waals surface area contributed by atoms with Gasteiger partial charge in [-0.1, -0.05) is 115 Å². The SMILES string of the molecule is N#Cc1cccc(-n2c3ccccc3c3cccc(-n4c5ccccc5c5ccccc54)c32)c1-c1ccccc1-n1c2ccccc2c2c(C#N)cccc21. The van der Waals surface area contributed by atoms with Gasteiger partial charge in [0.05, 0.1) is 73.4 Å². The maximum absolute atomic E-state index is 10.9. The summed E-state index contributed by atoms with van der Waals surface area (Å²) in [7, 11) is 0. The third-order valence-corrected chi connectivity index (χ3v) is 11.1. The van der Waals surface area contributed by atoms with E-state index in [0.29, 0.717) is 11.1 Å². The normalized spacial score (nSPS) is 11.6. The van der Waals surface area contributed by atoms with E-state index in [1.54, 1.807) is 0 Å². The lowest BCUT2D eigenvalue weighted by Crippen LogP contribution is -2.05. The van der Waals surface area contributed by atoms with Crippen LogP contribution in [0.3, 0.4) is 0 Å². The highest BCUT2D eigenvalue weighted by molar-refractivity contribution is 6.16. The van der Waals surface area contributed by atoms with Crippen molar-refractivity contribution in [2.24, 2.45) is 0 Å². The highest BCUT2D eigenvalue weighted by atomic mass is 15.1. The number of nitrogens with zero attached hydrogens (tertiary/aromatic N) is 5. The van der Waals surface area contributed by atoms with Crippen LogP contribution in [0.4, 0.5) is 0 Å². The number of aromatic nitrogens is 3. The van der Waals surface area contributed by atoms with Crippen LogP contribution in [0.5, 0.6) is 0 Å². The average Bonchev–Trinajstić information content (AvgIpc) is 3.89. The van der Waals surface area contributed by atoms with Crippen molar-refractivity contribution in [3.63, 3.8) is 0 Å². The van der Waals surface area contributed by atoms with E-state index in [-0.39, 0.29) is 0 Å². The Kier molecular flexibility index (Phi) is 6.61. The van der Waals surface area contributed by atoms with Crippen LogP contribution in [-0.2, 0) is 0 Å². The molecule has 11 aromatic rings. The van der Waals surface area contributed by atoms with E-state index in [1.165, 1.54) is 10.8 Å². The van der Waals surface area contributed by atoms with Gasteiger partial charge in [-0.25, -0.2) is 0 Å². The Morgan fingerprint density at radius 1 is 0.327 bits per heavy atom. The average molecular weight is 700 g/mol. The molecule has 0 N–H and O–H groups in total. The molecule has 0 aliphatic carbocycles. The zero-order chi connectivity index (χ0) is 36.6. The van der Waals surface area contributed by atoms with E-state index < -0.39 is 0 Å². The molecule has 0 saturated heterocycles. The molecule has 8 aromatic carbocycles. The van der Waals surface area contributed by atoms with Gasteiger partial charge in [-0.05, 0) is 60.7 Å². The van der Waals surface area contributed by atoms with Crippen molar-refractivity contribution in [2.75, 3.05) is 0 Å². The molecule has 0 saturated carbocycles. The summed E-state index contributed by atoms with van der Waals surface area (Å²) in [6.07, 6.45) is 0. The maximum atomic E-state index is 10.9. The van der Waals surface area contributed by atoms with Gasteiger partial charge in [0.25, 0.3) is 0 Å². The van der Waals surface area contributed by atoms with Crippen LogP contribution in [0.1, 0.15) is 11.1 Å². The Labute approximate surface area is 316 Å². The monoisotopic (exact) mass is 699 g/mol. The minimum Gasteiger partial charge on any atom is -0.309 e. The first-order valence-electron chi connectivity index (χ1n) is 18.3. The van der Waals surface area contributed by atoms with Crippen LogP contribution >= 0.6 is 0 Å². The maximum Gasteiger partial charge on any atom is 0.0998 e. The standard InChI is InChI=1S/C50H29N5/c51-30-32-14-11-27-45-48(32)38-19-4-9-25-43(38)53(45)44-26-10-5-20-39(44)49-33(31-52)15-12-28-46(49)55-42-24-8-3-18-36(42)37-21-13-29-47(50(37)55)54-40-22-6-1-16-34(40)35-17-2-7-23-41(35)54/h1-29H. The summed E-state index contributed by atoms with van der Waals surface area (Å²) in [6, 6.07) is 65.9. The van der Waals surface area contributed by atoms with Gasteiger partial charge in [0.2, 0.25) is 0 Å². The second-order valence-corrected chi connectivity index (χ2v) is 13.9. The van der Waals surface area contributed by atoms with Gasteiger partial charge in [-0.15, -0.1) is 0 Å². The molecule has 55 heavy (non-hydrogen) atoms. The van der Waals surface area contributed by atoms with Crippen molar-refractivity contribution in [2.45, 2.75) is 0 Å². The fourth-order valence-corrected chi connectivity index (χ4v) is 8.97. The minimum atomic E-state index is 0.573. The van der Waals surface area contributed by atoms with Crippen molar-refractivity contribution in [1.29, 1.82) is 10.5 Å². The van der Waals surface area contributed by atoms with Crippen LogP contribution < -0.4 is 0 Å². The first-order valence-corrected chi connectivity index (χ1v) is 18.3. The first-order chi connectivity index (χ1) is 27.3. The highest BCUT2D eigenvalue weighted by Gasteiger charge is 2.25. The molecule has 5 nitrogen and oxygen atoms in total. The van der Waals surface area contributed by atoms with E-state index in [2.05, 4.69) is 153 Å². The fourth-order valence-electron chi connectivity index (χ4n) is 8.97. The molecule has 0 aliphatic heterocycles. The Balaban J connectivity index is 1.28. The molecule has 0 amide bonds. The molecular weight excluding hydrogens is 671 g/mol. The Hall–Kier alpha value is -7.86. The number of fused-ring (bicyclic) bond motifs is 9. The molecule has 0 aliphatic rings. The van der Waals surface area contributed by atoms with Crippen LogP contribution in [0.15, 0.2) is 176 Å². The first kappa shape index (κ1) is 30.7. The van der Waals surface area contributed by atoms with Crippen LogP contribution in [0, 0.1) is 22.7 Å². The lowest BCUT2D eigenvalue weighted by molar-refractivity contribution is 1.13. The summed E-state index contributed by atoms with van der Waals surface area (Å²) in [6.45, 7) is 0. The molecular formula is C50H29N5. The van der Waals surface area contributed by atoms with Gasteiger partial charge in [-0.3, -0.25) is 0 Å². The Morgan fingerprint density at radius 3 is 1.45 bits per heavy atom. The summed E-state index contributed by atoms with van der Waals surface area (Å²) in [5.74, 6) is 0. The number of hydrogen-bond donors (Lipinski definition) is 0. The van der Waals surface area contributed by atoms with Gasteiger partial charge in [0.15, 0.2) is 0 Å². The van der Waals surface area contributed by atoms with Gasteiger partial charge < -0.3 is 13.7 Å². The molecule has 0 atom stereocenters. The highest BCUT2D eigenvalue weighted by Crippen LogP contribution is 2.44. The summed E-state index contributed by atoms with van der Waals surface area (Å²) < 4.78 is 6.99. The summed E-state index contributed by atoms with van der Waals surface area (Å²) >= 11 is 0. The second-order valence-electron chi connectivity index (χ2n) is 13.9. The molecule has 11 rings (SSSR count). The van der Waals surface area contributed by atoms with Crippen LogP contribution in [0.25, 0.3) is 93.6 Å². The van der Waals surface area contributed by atoms with Crippen LogP contribution in [0.2, 0.25) is 0 Å². The van der Waals surface area contributed by atoms with Crippen LogP contribution in [-0.4, -0.2) is 13.7 Å². The molecule has 0 bridgehead atoms. The van der Waals surface area contributed by atoms with Crippen molar-refractivity contribution < 1.29 is 0 Å². The van der Waals surface area contributed by atoms with E-state index in [1.807, 2.05) is 48.5 Å². The molecule has 0 unspecified atom stereocenters. The molecule has 0 radical (unpaired) electrons. The summed E-state index contributed by atoms with van der Waals surface area (Å²) in [4.78, 5) is 0. The number of rotatable bonds is 4. The van der Waals surface area contributed by atoms with Crippen molar-refractivity contribution in [3.8, 4) is 40.3 Å². The molecule has 254 valence electrons. The van der Waals surface area contributed by atoms with Gasteiger partial charge >= 0.3 is 0 Å². The zero-order valence-electron chi connectivity index (χ0n) is 29.5. The van der Waals surface area contributed by atoms with Gasteiger partial charge in [0.1, 0.15) is 0 Å². The smallest absolute Gasteiger partial charge is 0.0998 e. The largest absolute Gasteiger partial charge is 0.309 e. The molecule has 3 aromatic heterocycles. The van der Waals surface area contributed by atoms with Crippen molar-refractivity contribution >= 4 is 65.4 Å². The molecule has 3 heterocycles. The number of para-hydroxylation sites is 6. The van der Waals surface area contributed by atoms with E-state index in [0.717, 1.165) is 82.8 Å². The zero-order valence-corrected chi connectivity index (χ0v) is 29.5. The lowest BCUT2D eigenvalue weighted by atomic mass is 9.96. The third kappa shape index (κ3) is 4.27. The van der Waals surface area contributed by atoms with Gasteiger partial charge in [0, 0.05) is 43.4 Å². The molecule has 0 spiro atoms. The van der Waals surface area contributed by atoms with Gasteiger partial charge in [-0.2, -0.15) is 10.5 Å². The lowest BCUT2D eigenvalue weighted by Gasteiger charge is -2.20. The quantitative estimate of drug-likeness (QED) is 0.184. The Morgan fingerprint density at radius 2 is 0.764 bits per heavy atom. The van der Waals surface area contributed by atoms with E-state index >= 15 is 0 Å². The molecule has 0 fully saturated rings. The van der Waals surface area contributed by atoms with E-state index in [4.69, 9.17) is 0 Å². The predicted octanol–water partition coefficient (Wildman–Crippen LogP) is 12.4. The fraction of sp³-hybridized carbons (Fsp3) is 0. The summed E-state index contributed by atoms with van der Waals surface area (Å²) in [5.41, 5.74) is 12.1. The molecule has 5 heteroatoms. The van der Waals surface area contributed by atoms with E-state index in [9.17, 15) is 10.5 Å². The second kappa shape index (κ2) is 11.8. The summed E-state index contributed by atoms with van der Waals surface area (Å²) in [5, 5.41) is 27.7. The predicted molar refractivity (Wildman–Crippen MR) is 224 cm³/mol. The number of hydrogen-bond acceptors (Lipinski definition) is 2. The number of benzene rings is 8. The third-order valence-electron chi connectivity index (χ3n) is 11.1. The minimum absolute atomic E-state index is 0.573. The topological polar surface area (TPSA) is 62.4 Å². The Bertz CT molecular complexity index is 3420.